The van der Waals surface area contributed by atoms with E-state index in [4.69, 9.17) is 9.84 Å². The van der Waals surface area contributed by atoms with Crippen LogP contribution < -0.4 is 5.32 Å². The lowest BCUT2D eigenvalue weighted by Gasteiger charge is -2.32. The van der Waals surface area contributed by atoms with E-state index in [9.17, 15) is 9.59 Å². The summed E-state index contributed by atoms with van der Waals surface area (Å²) >= 11 is 0. The van der Waals surface area contributed by atoms with Gasteiger partial charge in [-0.15, -0.1) is 0 Å². The SMILES string of the molecule is CCCC(C)(C)NC(=O)N(C)C1COCC1C(=O)O. The summed E-state index contributed by atoms with van der Waals surface area (Å²) in [6.07, 6.45) is 1.84. The zero-order chi connectivity index (χ0) is 14.6. The topological polar surface area (TPSA) is 78.9 Å². The van der Waals surface area contributed by atoms with Gasteiger partial charge in [0, 0.05) is 12.6 Å². The van der Waals surface area contributed by atoms with E-state index in [1.165, 1.54) is 4.90 Å². The molecular weight excluding hydrogens is 248 g/mol. The summed E-state index contributed by atoms with van der Waals surface area (Å²) in [4.78, 5) is 24.7. The first kappa shape index (κ1) is 15.8. The maximum atomic E-state index is 12.2. The number of carbonyl (C=O) groups is 2. The van der Waals surface area contributed by atoms with Crippen LogP contribution in [0.5, 0.6) is 0 Å². The number of hydrogen-bond acceptors (Lipinski definition) is 3. The Balaban J connectivity index is 2.64. The molecule has 0 saturated carbocycles. The highest BCUT2D eigenvalue weighted by molar-refractivity contribution is 5.77. The van der Waals surface area contributed by atoms with Crippen molar-refractivity contribution >= 4 is 12.0 Å². The third-order valence-electron chi connectivity index (χ3n) is 3.51. The second kappa shape index (κ2) is 6.23. The van der Waals surface area contributed by atoms with Gasteiger partial charge in [0.2, 0.25) is 0 Å². The Morgan fingerprint density at radius 2 is 2.05 bits per heavy atom. The van der Waals surface area contributed by atoms with E-state index in [-0.39, 0.29) is 24.8 Å². The van der Waals surface area contributed by atoms with Gasteiger partial charge in [0.05, 0.1) is 19.3 Å². The molecule has 0 radical (unpaired) electrons. The largest absolute Gasteiger partial charge is 0.481 e. The molecule has 1 fully saturated rings. The average Bonchev–Trinajstić information content (AvgIpc) is 2.75. The standard InChI is InChI=1S/C13H24N2O4/c1-5-6-13(2,3)14-12(18)15(4)10-8-19-7-9(10)11(16)17/h9-10H,5-8H2,1-4H3,(H,14,18)(H,16,17). The number of carboxylic acids is 1. The minimum absolute atomic E-state index is 0.163. The zero-order valence-corrected chi connectivity index (χ0v) is 12.1. The number of carbonyl (C=O) groups excluding carboxylic acids is 1. The van der Waals surface area contributed by atoms with Crippen molar-refractivity contribution < 1.29 is 19.4 Å². The Bertz CT molecular complexity index is 344. The van der Waals surface area contributed by atoms with Crippen molar-refractivity contribution in [1.82, 2.24) is 10.2 Å². The summed E-state index contributed by atoms with van der Waals surface area (Å²) in [5, 5.41) is 12.0. The molecule has 110 valence electrons. The van der Waals surface area contributed by atoms with Gasteiger partial charge in [0.25, 0.3) is 0 Å². The number of urea groups is 1. The van der Waals surface area contributed by atoms with E-state index in [0.29, 0.717) is 0 Å². The number of aliphatic carboxylic acids is 1. The summed E-state index contributed by atoms with van der Waals surface area (Å²) in [7, 11) is 1.62. The molecule has 1 heterocycles. The van der Waals surface area contributed by atoms with Crippen LogP contribution in [-0.2, 0) is 9.53 Å². The molecule has 1 aliphatic heterocycles. The lowest BCUT2D eigenvalue weighted by atomic mass is 9.99. The summed E-state index contributed by atoms with van der Waals surface area (Å²) in [5.41, 5.74) is -0.293. The molecule has 0 bridgehead atoms. The first-order valence-electron chi connectivity index (χ1n) is 6.64. The molecule has 2 N–H and O–H groups in total. The third-order valence-corrected chi connectivity index (χ3v) is 3.51. The van der Waals surface area contributed by atoms with Crippen molar-refractivity contribution in [3.8, 4) is 0 Å². The molecule has 2 atom stereocenters. The van der Waals surface area contributed by atoms with Gasteiger partial charge in [-0.2, -0.15) is 0 Å². The monoisotopic (exact) mass is 272 g/mol. The first-order chi connectivity index (χ1) is 8.78. The Morgan fingerprint density at radius 3 is 2.58 bits per heavy atom. The van der Waals surface area contributed by atoms with E-state index in [0.717, 1.165) is 12.8 Å². The quantitative estimate of drug-likeness (QED) is 0.791. The van der Waals surface area contributed by atoms with Crippen molar-refractivity contribution in [1.29, 1.82) is 0 Å². The summed E-state index contributed by atoms with van der Waals surface area (Å²) in [6.45, 7) is 6.41. The number of nitrogens with zero attached hydrogens (tertiary/aromatic N) is 1. The van der Waals surface area contributed by atoms with Crippen molar-refractivity contribution in [2.75, 3.05) is 20.3 Å². The summed E-state index contributed by atoms with van der Waals surface area (Å²) < 4.78 is 5.18. The zero-order valence-electron chi connectivity index (χ0n) is 12.1. The van der Waals surface area contributed by atoms with Crippen molar-refractivity contribution in [2.24, 2.45) is 5.92 Å². The van der Waals surface area contributed by atoms with Gasteiger partial charge >= 0.3 is 12.0 Å². The molecule has 1 saturated heterocycles. The predicted molar refractivity (Wildman–Crippen MR) is 71.0 cm³/mol. The van der Waals surface area contributed by atoms with Gasteiger partial charge in [-0.05, 0) is 20.3 Å². The highest BCUT2D eigenvalue weighted by Crippen LogP contribution is 2.20. The van der Waals surface area contributed by atoms with Crippen LogP contribution in [0.3, 0.4) is 0 Å². The Hall–Kier alpha value is -1.30. The number of rotatable bonds is 5. The Kier molecular flexibility index (Phi) is 5.17. The smallest absolute Gasteiger partial charge is 0.317 e. The molecule has 6 heteroatoms. The number of nitrogens with one attached hydrogen (secondary N) is 1. The number of amides is 2. The number of hydrogen-bond donors (Lipinski definition) is 2. The first-order valence-corrected chi connectivity index (χ1v) is 6.64. The van der Waals surface area contributed by atoms with Crippen molar-refractivity contribution in [2.45, 2.75) is 45.2 Å². The van der Waals surface area contributed by atoms with E-state index in [2.05, 4.69) is 12.2 Å². The second-order valence-electron chi connectivity index (χ2n) is 5.72. The fourth-order valence-electron chi connectivity index (χ4n) is 2.38. The molecule has 19 heavy (non-hydrogen) atoms. The molecule has 2 unspecified atom stereocenters. The Morgan fingerprint density at radius 1 is 1.42 bits per heavy atom. The normalized spacial score (nSPS) is 23.2. The highest BCUT2D eigenvalue weighted by atomic mass is 16.5. The van der Waals surface area contributed by atoms with E-state index in [1.807, 2.05) is 13.8 Å². The van der Waals surface area contributed by atoms with E-state index < -0.39 is 17.9 Å². The van der Waals surface area contributed by atoms with Gasteiger partial charge in [-0.25, -0.2) is 4.79 Å². The van der Waals surface area contributed by atoms with Gasteiger partial charge in [-0.1, -0.05) is 13.3 Å². The van der Waals surface area contributed by atoms with Crippen LogP contribution >= 0.6 is 0 Å². The van der Waals surface area contributed by atoms with Crippen molar-refractivity contribution in [3.05, 3.63) is 0 Å². The van der Waals surface area contributed by atoms with Crippen LogP contribution in [0.15, 0.2) is 0 Å². The van der Waals surface area contributed by atoms with Gasteiger partial charge in [0.15, 0.2) is 0 Å². The molecule has 0 aromatic rings. The Labute approximate surface area is 114 Å². The molecule has 1 aliphatic rings. The molecule has 6 nitrogen and oxygen atoms in total. The van der Waals surface area contributed by atoms with E-state index in [1.54, 1.807) is 7.05 Å². The van der Waals surface area contributed by atoms with E-state index >= 15 is 0 Å². The second-order valence-corrected chi connectivity index (χ2v) is 5.72. The predicted octanol–water partition coefficient (Wildman–Crippen LogP) is 1.31. The molecule has 0 aliphatic carbocycles. The van der Waals surface area contributed by atoms with Crippen LogP contribution in [0.1, 0.15) is 33.6 Å². The average molecular weight is 272 g/mol. The minimum Gasteiger partial charge on any atom is -0.481 e. The van der Waals surface area contributed by atoms with Crippen LogP contribution in [-0.4, -0.2) is 53.8 Å². The molecule has 0 spiro atoms. The fourth-order valence-corrected chi connectivity index (χ4v) is 2.38. The van der Waals surface area contributed by atoms with Gasteiger partial charge in [-0.3, -0.25) is 4.79 Å². The summed E-state index contributed by atoms with van der Waals surface area (Å²) in [5.74, 6) is -1.57. The van der Waals surface area contributed by atoms with Gasteiger partial charge in [0.1, 0.15) is 5.92 Å². The minimum atomic E-state index is -0.921. The number of ether oxygens (including phenoxy) is 1. The molecule has 1 rings (SSSR count). The lowest BCUT2D eigenvalue weighted by Crippen LogP contribution is -2.53. The maximum absolute atomic E-state index is 12.2. The van der Waals surface area contributed by atoms with Crippen LogP contribution in [0.25, 0.3) is 0 Å². The van der Waals surface area contributed by atoms with Crippen LogP contribution in [0.2, 0.25) is 0 Å². The maximum Gasteiger partial charge on any atom is 0.317 e. The van der Waals surface area contributed by atoms with Crippen LogP contribution in [0, 0.1) is 5.92 Å². The lowest BCUT2D eigenvalue weighted by molar-refractivity contribution is -0.142. The number of likely N-dealkylation sites (N-methyl/N-ethyl adjacent to an activating group) is 1. The molecule has 0 aromatic heterocycles. The molecule has 2 amide bonds. The van der Waals surface area contributed by atoms with Crippen molar-refractivity contribution in [3.63, 3.8) is 0 Å². The molecular formula is C13H24N2O4. The van der Waals surface area contributed by atoms with Crippen LogP contribution in [0.4, 0.5) is 4.79 Å². The number of carboxylic acid groups (broad SMARTS) is 1. The molecule has 0 aromatic carbocycles. The fraction of sp³-hybridized carbons (Fsp3) is 0.846. The highest BCUT2D eigenvalue weighted by Gasteiger charge is 2.39. The van der Waals surface area contributed by atoms with Gasteiger partial charge < -0.3 is 20.1 Å². The third kappa shape index (κ3) is 4.09. The summed E-state index contributed by atoms with van der Waals surface area (Å²) in [6, 6.07) is -0.657.